The molecule has 0 saturated carbocycles. The molecule has 3 heteroatoms. The molecule has 0 aromatic heterocycles. The van der Waals surface area contributed by atoms with Crippen LogP contribution in [0.3, 0.4) is 0 Å². The topological polar surface area (TPSA) is 18.5 Å². The number of ether oxygens (including phenoxy) is 2. The van der Waals surface area contributed by atoms with Crippen molar-refractivity contribution in [3.8, 4) is 0 Å². The van der Waals surface area contributed by atoms with Crippen LogP contribution in [0.2, 0.25) is 13.3 Å². The Bertz CT molecular complexity index is 328. The number of rotatable bonds is 16. The summed E-state index contributed by atoms with van der Waals surface area (Å²) < 4.78 is 18.0. The van der Waals surface area contributed by atoms with E-state index in [1.165, 1.54) is 64.2 Å². The zero-order valence-electron chi connectivity index (χ0n) is 18.1. The van der Waals surface area contributed by atoms with Crippen molar-refractivity contribution in [2.45, 2.75) is 117 Å². The Labute approximate surface area is 168 Å². The van der Waals surface area contributed by atoms with E-state index in [2.05, 4.69) is 20.8 Å². The predicted octanol–water partition coefficient (Wildman–Crippen LogP) is 7.64. The van der Waals surface area contributed by atoms with Crippen molar-refractivity contribution in [2.75, 3.05) is 13.2 Å². The van der Waals surface area contributed by atoms with E-state index in [-0.39, 0.29) is 6.29 Å². The molecule has 1 atom stereocenters. The van der Waals surface area contributed by atoms with Crippen LogP contribution in [0, 0.1) is 0 Å². The average Bonchev–Trinajstić information content (AvgIpc) is 2.68. The van der Waals surface area contributed by atoms with Crippen LogP contribution in [0.1, 0.15) is 97.8 Å². The standard InChI is InChI=1S/C11H19O2.3C4H9.Sn/c1-2-3-4-6-9-12-11-8-5-7-10-13-11;3*1-3-4-2;/h11H,1,3-10H2;3*1,3-4H2,2H3;. The molecular weight excluding hydrogens is 427 g/mol. The SMILES string of the molecule is C=[C](CCCCOC1CCCCO1)[Sn]([CH2]CCC)([CH2]CCC)[CH2]CCC. The summed E-state index contributed by atoms with van der Waals surface area (Å²) in [6.07, 6.45) is 15.6. The first kappa shape index (κ1) is 24.5. The van der Waals surface area contributed by atoms with Gasteiger partial charge in [0.05, 0.1) is 0 Å². The quantitative estimate of drug-likeness (QED) is 0.169. The Kier molecular flexibility index (Phi) is 14.5. The number of unbranched alkanes of at least 4 members (excludes halogenated alkanes) is 4. The fourth-order valence-corrected chi connectivity index (χ4v) is 20.2. The minimum absolute atomic E-state index is 0.0730. The van der Waals surface area contributed by atoms with Crippen molar-refractivity contribution >= 4 is 18.4 Å². The molecule has 1 heterocycles. The zero-order valence-corrected chi connectivity index (χ0v) is 21.0. The van der Waals surface area contributed by atoms with E-state index in [9.17, 15) is 0 Å². The Hall–Kier alpha value is 0.459. The second-order valence-corrected chi connectivity index (χ2v) is 21.9. The molecule has 0 aliphatic carbocycles. The molecule has 1 saturated heterocycles. The van der Waals surface area contributed by atoms with E-state index in [0.717, 1.165) is 26.1 Å². The first-order valence-corrected chi connectivity index (χ1v) is 19.1. The fraction of sp³-hybridized carbons (Fsp3) is 0.913. The average molecular weight is 473 g/mol. The molecule has 0 amide bonds. The van der Waals surface area contributed by atoms with E-state index in [0.29, 0.717) is 0 Å². The molecule has 0 aromatic carbocycles. The Balaban J connectivity index is 2.42. The molecule has 1 aliphatic rings. The molecule has 0 spiro atoms. The molecule has 154 valence electrons. The first-order chi connectivity index (χ1) is 12.7. The van der Waals surface area contributed by atoms with Gasteiger partial charge >= 0.3 is 169 Å². The third kappa shape index (κ3) is 9.59. The molecule has 0 bridgehead atoms. The van der Waals surface area contributed by atoms with Crippen molar-refractivity contribution in [1.82, 2.24) is 0 Å². The van der Waals surface area contributed by atoms with Crippen LogP contribution in [-0.2, 0) is 9.47 Å². The van der Waals surface area contributed by atoms with Gasteiger partial charge in [-0.2, -0.15) is 0 Å². The molecule has 1 rings (SSSR count). The van der Waals surface area contributed by atoms with Crippen LogP contribution in [0.25, 0.3) is 0 Å². The van der Waals surface area contributed by atoms with Crippen molar-refractivity contribution in [3.63, 3.8) is 0 Å². The Morgan fingerprint density at radius 1 is 0.923 bits per heavy atom. The van der Waals surface area contributed by atoms with E-state index < -0.39 is 18.4 Å². The van der Waals surface area contributed by atoms with Gasteiger partial charge < -0.3 is 0 Å². The molecule has 1 fully saturated rings. The van der Waals surface area contributed by atoms with E-state index in [1.54, 1.807) is 16.9 Å². The van der Waals surface area contributed by atoms with Gasteiger partial charge in [0, 0.05) is 0 Å². The molecule has 26 heavy (non-hydrogen) atoms. The number of allylic oxidation sites excluding steroid dienone is 1. The maximum atomic E-state index is 5.91. The van der Waals surface area contributed by atoms with E-state index in [4.69, 9.17) is 16.1 Å². The summed E-state index contributed by atoms with van der Waals surface area (Å²) in [6.45, 7) is 13.5. The molecular formula is C23H46O2Sn. The summed E-state index contributed by atoms with van der Waals surface area (Å²) in [5.41, 5.74) is 0. The molecule has 2 nitrogen and oxygen atoms in total. The van der Waals surface area contributed by atoms with Gasteiger partial charge in [-0.3, -0.25) is 0 Å². The summed E-state index contributed by atoms with van der Waals surface area (Å²) >= 11 is -2.19. The van der Waals surface area contributed by atoms with Crippen molar-refractivity contribution in [2.24, 2.45) is 0 Å². The van der Waals surface area contributed by atoms with Gasteiger partial charge in [-0.25, -0.2) is 0 Å². The van der Waals surface area contributed by atoms with E-state index in [1.807, 2.05) is 0 Å². The predicted molar refractivity (Wildman–Crippen MR) is 117 cm³/mol. The molecule has 0 radical (unpaired) electrons. The summed E-state index contributed by atoms with van der Waals surface area (Å²) in [6, 6.07) is 0. The third-order valence-corrected chi connectivity index (χ3v) is 22.3. The second kappa shape index (κ2) is 15.4. The molecule has 1 aliphatic heterocycles. The van der Waals surface area contributed by atoms with Crippen molar-refractivity contribution < 1.29 is 9.47 Å². The summed E-state index contributed by atoms with van der Waals surface area (Å²) in [7, 11) is 0. The molecule has 0 aromatic rings. The normalized spacial score (nSPS) is 18.2. The van der Waals surface area contributed by atoms with Crippen LogP contribution >= 0.6 is 0 Å². The summed E-state index contributed by atoms with van der Waals surface area (Å²) in [5, 5.41) is 0. The van der Waals surface area contributed by atoms with Gasteiger partial charge in [0.1, 0.15) is 0 Å². The van der Waals surface area contributed by atoms with Crippen LogP contribution in [-0.4, -0.2) is 37.9 Å². The van der Waals surface area contributed by atoms with Crippen molar-refractivity contribution in [3.05, 3.63) is 10.2 Å². The number of hydrogen-bond donors (Lipinski definition) is 0. The van der Waals surface area contributed by atoms with Crippen LogP contribution < -0.4 is 0 Å². The molecule has 0 N–H and O–H groups in total. The van der Waals surface area contributed by atoms with Crippen molar-refractivity contribution in [1.29, 1.82) is 0 Å². The van der Waals surface area contributed by atoms with Gasteiger partial charge in [-0.15, -0.1) is 0 Å². The first-order valence-electron chi connectivity index (χ1n) is 11.6. The number of hydrogen-bond acceptors (Lipinski definition) is 2. The summed E-state index contributed by atoms with van der Waals surface area (Å²) in [4.78, 5) is 0. The van der Waals surface area contributed by atoms with E-state index >= 15 is 0 Å². The van der Waals surface area contributed by atoms with Gasteiger partial charge in [0.25, 0.3) is 0 Å². The van der Waals surface area contributed by atoms with Gasteiger partial charge in [0.2, 0.25) is 0 Å². The third-order valence-electron chi connectivity index (χ3n) is 6.09. The Morgan fingerprint density at radius 3 is 2.04 bits per heavy atom. The monoisotopic (exact) mass is 474 g/mol. The van der Waals surface area contributed by atoms with Gasteiger partial charge in [-0.1, -0.05) is 0 Å². The van der Waals surface area contributed by atoms with Gasteiger partial charge in [-0.05, 0) is 0 Å². The Morgan fingerprint density at radius 2 is 1.54 bits per heavy atom. The maximum absolute atomic E-state index is 5.91. The van der Waals surface area contributed by atoms with Crippen LogP contribution in [0.15, 0.2) is 10.2 Å². The summed E-state index contributed by atoms with van der Waals surface area (Å²) in [5.74, 6) is 0. The fourth-order valence-electron chi connectivity index (χ4n) is 4.21. The molecule has 1 unspecified atom stereocenters. The zero-order chi connectivity index (χ0) is 19.1. The van der Waals surface area contributed by atoms with Crippen LogP contribution in [0.4, 0.5) is 0 Å². The second-order valence-electron chi connectivity index (χ2n) is 8.32. The van der Waals surface area contributed by atoms with Crippen LogP contribution in [0.5, 0.6) is 0 Å². The van der Waals surface area contributed by atoms with Gasteiger partial charge in [0.15, 0.2) is 0 Å². The minimum atomic E-state index is -2.19.